The minimum absolute atomic E-state index is 0.0380. The summed E-state index contributed by atoms with van der Waals surface area (Å²) in [6, 6.07) is 2.78. The molecule has 2 atom stereocenters. The van der Waals surface area contributed by atoms with Crippen LogP contribution in [0.25, 0.3) is 0 Å². The largest absolute Gasteiger partial charge is 0.465 e. The van der Waals surface area contributed by atoms with E-state index < -0.39 is 23.9 Å². The molecule has 1 heterocycles. The number of anilines is 1. The van der Waals surface area contributed by atoms with Gasteiger partial charge in [-0.15, -0.1) is 0 Å². The Labute approximate surface area is 114 Å². The number of nitrogens with one attached hydrogen (secondary N) is 2. The predicted molar refractivity (Wildman–Crippen MR) is 67.7 cm³/mol. The average Bonchev–Trinajstić information content (AvgIpc) is 2.36. The third kappa shape index (κ3) is 2.97. The Morgan fingerprint density at radius 2 is 2.20 bits per heavy atom. The van der Waals surface area contributed by atoms with Crippen molar-refractivity contribution >= 4 is 11.8 Å². The van der Waals surface area contributed by atoms with Gasteiger partial charge in [0, 0.05) is 11.7 Å². The first-order valence-corrected chi connectivity index (χ1v) is 6.28. The van der Waals surface area contributed by atoms with Gasteiger partial charge >= 0.3 is 12.3 Å². The lowest BCUT2D eigenvalue weighted by molar-refractivity contribution is -0.137. The molecule has 0 radical (unpaired) electrons. The SMILES string of the molecule is CCC1CC(NC(=O)O)c2cc(C(F)(F)F)ccc2N1. The molecule has 3 N–H and O–H groups in total. The van der Waals surface area contributed by atoms with Crippen molar-refractivity contribution in [2.24, 2.45) is 0 Å². The first-order valence-electron chi connectivity index (χ1n) is 6.28. The summed E-state index contributed by atoms with van der Waals surface area (Å²) in [5, 5.41) is 14.2. The average molecular weight is 288 g/mol. The fourth-order valence-electron chi connectivity index (χ4n) is 2.40. The molecule has 1 aromatic rings. The molecule has 0 aliphatic carbocycles. The van der Waals surface area contributed by atoms with Crippen LogP contribution in [0.15, 0.2) is 18.2 Å². The molecular weight excluding hydrogens is 273 g/mol. The van der Waals surface area contributed by atoms with Crippen molar-refractivity contribution in [1.82, 2.24) is 5.32 Å². The molecule has 0 saturated heterocycles. The third-order valence-electron chi connectivity index (χ3n) is 3.42. The number of amides is 1. The highest BCUT2D eigenvalue weighted by molar-refractivity contribution is 5.67. The second kappa shape index (κ2) is 5.22. The molecule has 0 bridgehead atoms. The van der Waals surface area contributed by atoms with Crippen molar-refractivity contribution in [3.63, 3.8) is 0 Å². The first kappa shape index (κ1) is 14.5. The molecule has 1 aliphatic heterocycles. The molecule has 0 saturated carbocycles. The fourth-order valence-corrected chi connectivity index (χ4v) is 2.40. The number of benzene rings is 1. The minimum atomic E-state index is -4.44. The summed E-state index contributed by atoms with van der Waals surface area (Å²) >= 11 is 0. The van der Waals surface area contributed by atoms with Crippen LogP contribution in [-0.2, 0) is 6.18 Å². The van der Waals surface area contributed by atoms with E-state index in [1.54, 1.807) is 0 Å². The lowest BCUT2D eigenvalue weighted by atomic mass is 9.90. The van der Waals surface area contributed by atoms with Crippen LogP contribution in [0.5, 0.6) is 0 Å². The zero-order valence-electron chi connectivity index (χ0n) is 10.8. The van der Waals surface area contributed by atoms with Crippen molar-refractivity contribution in [3.05, 3.63) is 29.3 Å². The molecule has 0 aromatic heterocycles. The monoisotopic (exact) mass is 288 g/mol. The lowest BCUT2D eigenvalue weighted by Gasteiger charge is -2.33. The topological polar surface area (TPSA) is 61.4 Å². The predicted octanol–water partition coefficient (Wildman–Crippen LogP) is 3.61. The van der Waals surface area contributed by atoms with Crippen molar-refractivity contribution in [3.8, 4) is 0 Å². The standard InChI is InChI=1S/C13H15F3N2O2/c1-2-8-6-11(18-12(19)20)9-5-7(13(14,15)16)3-4-10(9)17-8/h3-5,8,11,17-18H,2,6H2,1H3,(H,19,20). The Hall–Kier alpha value is -1.92. The smallest absolute Gasteiger partial charge is 0.416 e. The van der Waals surface area contributed by atoms with Gasteiger partial charge in [-0.05, 0) is 36.6 Å². The molecule has 20 heavy (non-hydrogen) atoms. The third-order valence-corrected chi connectivity index (χ3v) is 3.42. The Bertz CT molecular complexity index is 517. The van der Waals surface area contributed by atoms with Gasteiger partial charge in [0.25, 0.3) is 0 Å². The van der Waals surface area contributed by atoms with E-state index in [1.807, 2.05) is 6.92 Å². The van der Waals surface area contributed by atoms with Gasteiger partial charge in [-0.2, -0.15) is 13.2 Å². The number of hydrogen-bond acceptors (Lipinski definition) is 2. The van der Waals surface area contributed by atoms with Crippen LogP contribution >= 0.6 is 0 Å². The zero-order chi connectivity index (χ0) is 14.9. The Balaban J connectivity index is 2.40. The molecule has 4 nitrogen and oxygen atoms in total. The number of hydrogen-bond donors (Lipinski definition) is 3. The molecule has 1 aliphatic rings. The van der Waals surface area contributed by atoms with Crippen molar-refractivity contribution in [2.75, 3.05) is 5.32 Å². The maximum absolute atomic E-state index is 12.7. The zero-order valence-corrected chi connectivity index (χ0v) is 10.8. The molecular formula is C13H15F3N2O2. The summed E-state index contributed by atoms with van der Waals surface area (Å²) < 4.78 is 38.2. The molecule has 0 fully saturated rings. The number of carbonyl (C=O) groups is 1. The maximum atomic E-state index is 12.7. The van der Waals surface area contributed by atoms with Gasteiger partial charge in [0.1, 0.15) is 0 Å². The first-order chi connectivity index (χ1) is 9.31. The quantitative estimate of drug-likeness (QED) is 0.779. The van der Waals surface area contributed by atoms with Gasteiger partial charge in [0.15, 0.2) is 0 Å². The van der Waals surface area contributed by atoms with Crippen LogP contribution in [-0.4, -0.2) is 17.2 Å². The molecule has 1 aromatic carbocycles. The highest BCUT2D eigenvalue weighted by Crippen LogP contribution is 2.38. The van der Waals surface area contributed by atoms with Gasteiger partial charge < -0.3 is 15.7 Å². The highest BCUT2D eigenvalue weighted by Gasteiger charge is 2.34. The van der Waals surface area contributed by atoms with Crippen LogP contribution < -0.4 is 10.6 Å². The summed E-state index contributed by atoms with van der Waals surface area (Å²) in [4.78, 5) is 10.8. The lowest BCUT2D eigenvalue weighted by Crippen LogP contribution is -2.36. The molecule has 1 amide bonds. The number of fused-ring (bicyclic) bond motifs is 1. The van der Waals surface area contributed by atoms with Gasteiger partial charge in [-0.25, -0.2) is 4.79 Å². The number of alkyl halides is 3. The van der Waals surface area contributed by atoms with Crippen LogP contribution in [0.4, 0.5) is 23.7 Å². The summed E-state index contributed by atoms with van der Waals surface area (Å²) in [5.74, 6) is 0. The Morgan fingerprint density at radius 1 is 1.50 bits per heavy atom. The van der Waals surface area contributed by atoms with E-state index in [0.29, 0.717) is 17.7 Å². The van der Waals surface area contributed by atoms with E-state index in [2.05, 4.69) is 10.6 Å². The van der Waals surface area contributed by atoms with Gasteiger partial charge in [0.2, 0.25) is 0 Å². The van der Waals surface area contributed by atoms with Crippen LogP contribution in [0.1, 0.15) is 36.9 Å². The molecule has 2 unspecified atom stereocenters. The summed E-state index contributed by atoms with van der Waals surface area (Å²) in [6.07, 6.45) is -4.49. The highest BCUT2D eigenvalue weighted by atomic mass is 19.4. The fraction of sp³-hybridized carbons (Fsp3) is 0.462. The van der Waals surface area contributed by atoms with E-state index in [4.69, 9.17) is 5.11 Å². The van der Waals surface area contributed by atoms with Crippen LogP contribution in [0, 0.1) is 0 Å². The van der Waals surface area contributed by atoms with Crippen LogP contribution in [0.2, 0.25) is 0 Å². The second-order valence-electron chi connectivity index (χ2n) is 4.79. The van der Waals surface area contributed by atoms with Gasteiger partial charge in [-0.1, -0.05) is 6.92 Å². The number of carboxylic acid groups (broad SMARTS) is 1. The summed E-state index contributed by atoms with van der Waals surface area (Å²) in [5.41, 5.74) is 0.118. The van der Waals surface area contributed by atoms with E-state index in [-0.39, 0.29) is 6.04 Å². The minimum Gasteiger partial charge on any atom is -0.465 e. The summed E-state index contributed by atoms with van der Waals surface area (Å²) in [7, 11) is 0. The second-order valence-corrected chi connectivity index (χ2v) is 4.79. The van der Waals surface area contributed by atoms with Gasteiger partial charge in [-0.3, -0.25) is 0 Å². The molecule has 2 rings (SSSR count). The number of rotatable bonds is 2. The van der Waals surface area contributed by atoms with Crippen LogP contribution in [0.3, 0.4) is 0 Å². The normalized spacial score (nSPS) is 21.8. The summed E-state index contributed by atoms with van der Waals surface area (Å²) in [6.45, 7) is 1.94. The molecule has 110 valence electrons. The van der Waals surface area contributed by atoms with E-state index in [9.17, 15) is 18.0 Å². The molecule has 7 heteroatoms. The molecule has 0 spiro atoms. The van der Waals surface area contributed by atoms with E-state index >= 15 is 0 Å². The Kier molecular flexibility index (Phi) is 3.78. The van der Waals surface area contributed by atoms with Crippen molar-refractivity contribution in [1.29, 1.82) is 0 Å². The van der Waals surface area contributed by atoms with Gasteiger partial charge in [0.05, 0.1) is 11.6 Å². The number of halogens is 3. The maximum Gasteiger partial charge on any atom is 0.416 e. The Morgan fingerprint density at radius 3 is 2.75 bits per heavy atom. The van der Waals surface area contributed by atoms with E-state index in [1.165, 1.54) is 6.07 Å². The van der Waals surface area contributed by atoms with E-state index in [0.717, 1.165) is 18.6 Å². The van der Waals surface area contributed by atoms with Crippen molar-refractivity contribution < 1.29 is 23.1 Å². The van der Waals surface area contributed by atoms with Crippen molar-refractivity contribution in [2.45, 2.75) is 38.0 Å².